The van der Waals surface area contributed by atoms with Crippen molar-refractivity contribution in [1.29, 1.82) is 0 Å². The highest BCUT2D eigenvalue weighted by atomic mass is 35.5. The van der Waals surface area contributed by atoms with Gasteiger partial charge in [0.05, 0.1) is 5.52 Å². The van der Waals surface area contributed by atoms with E-state index >= 15 is 0 Å². The molecule has 0 atom stereocenters. The lowest BCUT2D eigenvalue weighted by Crippen LogP contribution is -2.32. The van der Waals surface area contributed by atoms with Gasteiger partial charge in [-0.25, -0.2) is 9.97 Å². The zero-order valence-electron chi connectivity index (χ0n) is 18.9. The first-order chi connectivity index (χ1) is 16.5. The summed E-state index contributed by atoms with van der Waals surface area (Å²) in [5.74, 6) is 0.698. The number of hydrogen-bond acceptors (Lipinski definition) is 6. The molecule has 5 rings (SSSR count). The molecule has 5 heterocycles. The van der Waals surface area contributed by atoms with Gasteiger partial charge in [0.25, 0.3) is 0 Å². The number of thiophene rings is 1. The number of hydrogen-bond donors (Lipinski definition) is 0. The summed E-state index contributed by atoms with van der Waals surface area (Å²) in [6.45, 7) is 4.33. The van der Waals surface area contributed by atoms with E-state index in [1.807, 2.05) is 29.1 Å². The maximum Gasteiger partial charge on any atom is 0.433 e. The minimum absolute atomic E-state index is 0. The van der Waals surface area contributed by atoms with Crippen LogP contribution in [-0.4, -0.2) is 52.6 Å². The number of halogens is 4. The van der Waals surface area contributed by atoms with Crippen LogP contribution in [0.4, 0.5) is 19.0 Å². The highest BCUT2D eigenvalue weighted by molar-refractivity contribution is 7.08. The molecule has 0 unspecified atom stereocenters. The molecule has 1 saturated heterocycles. The standard InChI is InChI=1S/C25H24F3N5S.ClH/c26-25(27,28)22-5-4-20-23(31-22)21(19-7-14-34-17-19)16-30-24(20)33-10-2-9-32(12-13-33)11-6-18-3-1-8-29-15-18;/h1,3-5,7-8,14-17H,2,6,9-13H2;1H. The van der Waals surface area contributed by atoms with Crippen molar-refractivity contribution in [1.82, 2.24) is 19.9 Å². The first-order valence-electron chi connectivity index (χ1n) is 11.2. The smallest absolute Gasteiger partial charge is 0.355 e. The molecule has 1 aliphatic heterocycles. The van der Waals surface area contributed by atoms with Crippen LogP contribution in [0.2, 0.25) is 0 Å². The van der Waals surface area contributed by atoms with E-state index in [-0.39, 0.29) is 12.4 Å². The highest BCUT2D eigenvalue weighted by Gasteiger charge is 2.33. The normalized spacial score (nSPS) is 15.1. The van der Waals surface area contributed by atoms with Crippen LogP contribution in [0.3, 0.4) is 0 Å². The number of fused-ring (bicyclic) bond motifs is 1. The Kier molecular flexibility index (Phi) is 7.88. The maximum atomic E-state index is 13.4. The quantitative estimate of drug-likeness (QED) is 0.326. The highest BCUT2D eigenvalue weighted by Crippen LogP contribution is 2.36. The number of alkyl halides is 3. The van der Waals surface area contributed by atoms with Crippen LogP contribution in [0.15, 0.2) is 59.7 Å². The monoisotopic (exact) mass is 519 g/mol. The van der Waals surface area contributed by atoms with E-state index in [4.69, 9.17) is 4.98 Å². The van der Waals surface area contributed by atoms with Gasteiger partial charge >= 0.3 is 6.18 Å². The molecule has 4 aromatic heterocycles. The van der Waals surface area contributed by atoms with Crippen molar-refractivity contribution in [3.63, 3.8) is 0 Å². The van der Waals surface area contributed by atoms with E-state index in [0.717, 1.165) is 57.2 Å². The van der Waals surface area contributed by atoms with E-state index in [1.165, 1.54) is 23.0 Å². The fraction of sp³-hybridized carbons (Fsp3) is 0.320. The topological polar surface area (TPSA) is 45.2 Å². The number of pyridine rings is 3. The van der Waals surface area contributed by atoms with Crippen LogP contribution < -0.4 is 4.90 Å². The van der Waals surface area contributed by atoms with Gasteiger partial charge in [0.1, 0.15) is 11.5 Å². The minimum atomic E-state index is -4.50. The predicted octanol–water partition coefficient (Wildman–Crippen LogP) is 5.95. The molecule has 35 heavy (non-hydrogen) atoms. The zero-order chi connectivity index (χ0) is 23.5. The lowest BCUT2D eigenvalue weighted by molar-refractivity contribution is -0.140. The molecule has 0 radical (unpaired) electrons. The van der Waals surface area contributed by atoms with Gasteiger partial charge < -0.3 is 9.80 Å². The maximum absolute atomic E-state index is 13.4. The molecule has 0 spiro atoms. The third kappa shape index (κ3) is 5.74. The van der Waals surface area contributed by atoms with E-state index < -0.39 is 11.9 Å². The van der Waals surface area contributed by atoms with E-state index in [0.29, 0.717) is 22.3 Å². The van der Waals surface area contributed by atoms with E-state index in [9.17, 15) is 13.2 Å². The van der Waals surface area contributed by atoms with Crippen LogP contribution in [0.5, 0.6) is 0 Å². The number of anilines is 1. The summed E-state index contributed by atoms with van der Waals surface area (Å²) < 4.78 is 40.3. The molecule has 184 valence electrons. The molecule has 5 nitrogen and oxygen atoms in total. The molecule has 1 aliphatic rings. The Balaban J connectivity index is 0.00000289. The fourth-order valence-electron chi connectivity index (χ4n) is 4.38. The second-order valence-corrected chi connectivity index (χ2v) is 9.17. The molecule has 10 heteroatoms. The van der Waals surface area contributed by atoms with Gasteiger partial charge in [0.15, 0.2) is 0 Å². The lowest BCUT2D eigenvalue weighted by atomic mass is 10.1. The van der Waals surface area contributed by atoms with Gasteiger partial charge in [-0.3, -0.25) is 4.98 Å². The summed E-state index contributed by atoms with van der Waals surface area (Å²) in [6.07, 6.45) is 2.74. The predicted molar refractivity (Wildman–Crippen MR) is 136 cm³/mol. The summed E-state index contributed by atoms with van der Waals surface area (Å²) >= 11 is 1.49. The van der Waals surface area contributed by atoms with Crippen LogP contribution in [0.25, 0.3) is 22.0 Å². The largest absolute Gasteiger partial charge is 0.433 e. The summed E-state index contributed by atoms with van der Waals surface area (Å²) in [4.78, 5) is 17.6. The van der Waals surface area contributed by atoms with Crippen molar-refractivity contribution < 1.29 is 13.2 Å². The summed E-state index contributed by atoms with van der Waals surface area (Å²) in [6, 6.07) is 8.50. The number of nitrogens with zero attached hydrogens (tertiary/aromatic N) is 5. The van der Waals surface area contributed by atoms with Crippen LogP contribution >= 0.6 is 23.7 Å². The average Bonchev–Trinajstić information content (AvgIpc) is 3.27. The molecule has 0 amide bonds. The van der Waals surface area contributed by atoms with Gasteiger partial charge in [-0.15, -0.1) is 12.4 Å². The third-order valence-corrected chi connectivity index (χ3v) is 6.84. The average molecular weight is 520 g/mol. The number of aromatic nitrogens is 3. The Labute approximate surface area is 212 Å². The van der Waals surface area contributed by atoms with Crippen LogP contribution in [-0.2, 0) is 12.6 Å². The van der Waals surface area contributed by atoms with E-state index in [1.54, 1.807) is 12.4 Å². The first-order valence-corrected chi connectivity index (χ1v) is 12.2. The molecule has 0 aromatic carbocycles. The fourth-order valence-corrected chi connectivity index (χ4v) is 5.04. The van der Waals surface area contributed by atoms with Crippen molar-refractivity contribution in [3.8, 4) is 11.1 Å². The van der Waals surface area contributed by atoms with Gasteiger partial charge in [0.2, 0.25) is 0 Å². The molecule has 0 N–H and O–H groups in total. The van der Waals surface area contributed by atoms with Crippen LogP contribution in [0, 0.1) is 0 Å². The Bertz CT molecular complexity index is 1250. The Hall–Kier alpha value is -2.75. The lowest BCUT2D eigenvalue weighted by Gasteiger charge is -2.24. The van der Waals surface area contributed by atoms with Gasteiger partial charge in [-0.05, 0) is 65.5 Å². The SMILES string of the molecule is Cl.FC(F)(F)c1ccc2c(N3CCCN(CCc4cccnc4)CC3)ncc(-c3ccsc3)c2n1. The summed E-state index contributed by atoms with van der Waals surface area (Å²) in [5.41, 5.74) is 2.13. The number of rotatable bonds is 5. The molecule has 0 bridgehead atoms. The molecule has 4 aromatic rings. The van der Waals surface area contributed by atoms with Gasteiger partial charge in [0, 0.05) is 55.7 Å². The van der Waals surface area contributed by atoms with E-state index in [2.05, 4.69) is 25.8 Å². The Morgan fingerprint density at radius 1 is 1.00 bits per heavy atom. The Morgan fingerprint density at radius 3 is 2.63 bits per heavy atom. The van der Waals surface area contributed by atoms with Crippen molar-refractivity contribution in [3.05, 3.63) is 70.9 Å². The second-order valence-electron chi connectivity index (χ2n) is 8.39. The third-order valence-electron chi connectivity index (χ3n) is 6.16. The Morgan fingerprint density at radius 2 is 1.89 bits per heavy atom. The second kappa shape index (κ2) is 10.9. The summed E-state index contributed by atoms with van der Waals surface area (Å²) in [7, 11) is 0. The summed E-state index contributed by atoms with van der Waals surface area (Å²) in [5, 5.41) is 4.46. The zero-order valence-corrected chi connectivity index (χ0v) is 20.5. The molecule has 0 aliphatic carbocycles. The molecule has 1 fully saturated rings. The van der Waals surface area contributed by atoms with Crippen molar-refractivity contribution in [2.24, 2.45) is 0 Å². The van der Waals surface area contributed by atoms with Crippen molar-refractivity contribution in [2.75, 3.05) is 37.6 Å². The van der Waals surface area contributed by atoms with Crippen molar-refractivity contribution >= 4 is 40.5 Å². The van der Waals surface area contributed by atoms with Gasteiger partial charge in [-0.1, -0.05) is 6.07 Å². The molecular weight excluding hydrogens is 495 g/mol. The van der Waals surface area contributed by atoms with Gasteiger partial charge in [-0.2, -0.15) is 24.5 Å². The first kappa shape index (κ1) is 25.3. The van der Waals surface area contributed by atoms with Crippen LogP contribution in [0.1, 0.15) is 17.7 Å². The van der Waals surface area contributed by atoms with Crippen molar-refractivity contribution in [2.45, 2.75) is 19.0 Å². The minimum Gasteiger partial charge on any atom is -0.355 e. The molecular formula is C25H25ClF3N5S. The molecule has 0 saturated carbocycles.